The van der Waals surface area contributed by atoms with Gasteiger partial charge < -0.3 is 10.5 Å². The monoisotopic (exact) mass is 321 g/mol. The number of esters is 1. The normalized spacial score (nSPS) is 12.7. The zero-order valence-electron chi connectivity index (χ0n) is 14.0. The number of ether oxygens (including phenoxy) is 1. The second-order valence-corrected chi connectivity index (χ2v) is 7.42. The van der Waals surface area contributed by atoms with E-state index < -0.39 is 5.60 Å². The molecule has 0 bridgehead atoms. The number of aryl methyl sites for hydroxylation is 1. The summed E-state index contributed by atoms with van der Waals surface area (Å²) < 4.78 is 5.32. The number of hydrogen-bond donors (Lipinski definition) is 1. The first-order valence-corrected chi connectivity index (χ1v) is 8.64. The van der Waals surface area contributed by atoms with Gasteiger partial charge in [-0.05, 0) is 58.3 Å². The van der Waals surface area contributed by atoms with Crippen molar-refractivity contribution in [2.75, 3.05) is 5.75 Å². The van der Waals surface area contributed by atoms with Crippen molar-refractivity contribution in [3.63, 3.8) is 0 Å². The second-order valence-electron chi connectivity index (χ2n) is 6.28. The molecule has 4 heteroatoms. The van der Waals surface area contributed by atoms with E-state index in [4.69, 9.17) is 10.5 Å². The molecule has 1 rings (SSSR count). The van der Waals surface area contributed by atoms with Crippen molar-refractivity contribution in [3.05, 3.63) is 46.5 Å². The van der Waals surface area contributed by atoms with Gasteiger partial charge >= 0.3 is 5.97 Å². The average molecular weight is 321 g/mol. The van der Waals surface area contributed by atoms with Gasteiger partial charge in [0, 0.05) is 0 Å². The lowest BCUT2D eigenvalue weighted by Crippen LogP contribution is -2.25. The van der Waals surface area contributed by atoms with Crippen molar-refractivity contribution in [2.24, 2.45) is 5.73 Å². The average Bonchev–Trinajstić information content (AvgIpc) is 2.45. The largest absolute Gasteiger partial charge is 0.457 e. The van der Waals surface area contributed by atoms with E-state index >= 15 is 0 Å². The molecule has 0 aliphatic carbocycles. The van der Waals surface area contributed by atoms with Gasteiger partial charge in [0.05, 0.1) is 10.6 Å². The first kappa shape index (κ1) is 18.6. The van der Waals surface area contributed by atoms with E-state index in [1.54, 1.807) is 6.92 Å². The van der Waals surface area contributed by atoms with Gasteiger partial charge in [0.1, 0.15) is 5.60 Å². The van der Waals surface area contributed by atoms with Crippen molar-refractivity contribution in [2.45, 2.75) is 52.6 Å². The summed E-state index contributed by atoms with van der Waals surface area (Å²) >= 11 is 1.53. The van der Waals surface area contributed by atoms with Gasteiger partial charge in [-0.15, -0.1) is 11.8 Å². The van der Waals surface area contributed by atoms with Crippen LogP contribution in [0.3, 0.4) is 0 Å². The predicted octanol–water partition coefficient (Wildman–Crippen LogP) is 4.27. The Bertz CT molecular complexity index is 504. The topological polar surface area (TPSA) is 52.3 Å². The minimum atomic E-state index is -0.487. The highest BCUT2D eigenvalue weighted by Gasteiger charge is 2.19. The number of unbranched alkanes of at least 4 members (excludes halogenated alkanes) is 1. The fraction of sp³-hybridized carbons (Fsp3) is 0.500. The highest BCUT2D eigenvalue weighted by molar-refractivity contribution is 8.03. The van der Waals surface area contributed by atoms with E-state index in [-0.39, 0.29) is 5.97 Å². The molecule has 0 amide bonds. The lowest BCUT2D eigenvalue weighted by Gasteiger charge is -2.20. The molecule has 0 spiro atoms. The van der Waals surface area contributed by atoms with Gasteiger partial charge in [-0.3, -0.25) is 0 Å². The molecular formula is C18H27NO2S. The molecule has 3 nitrogen and oxygen atoms in total. The Morgan fingerprint density at radius 1 is 1.18 bits per heavy atom. The van der Waals surface area contributed by atoms with Gasteiger partial charge in [0.25, 0.3) is 0 Å². The van der Waals surface area contributed by atoms with Crippen LogP contribution < -0.4 is 5.73 Å². The van der Waals surface area contributed by atoms with Crippen LogP contribution >= 0.6 is 11.8 Å². The molecular weight excluding hydrogens is 294 g/mol. The fourth-order valence-corrected chi connectivity index (χ4v) is 2.69. The molecule has 0 aromatic heterocycles. The van der Waals surface area contributed by atoms with Gasteiger partial charge in [-0.1, -0.05) is 30.3 Å². The van der Waals surface area contributed by atoms with Crippen molar-refractivity contribution < 1.29 is 9.53 Å². The molecule has 0 fully saturated rings. The summed E-state index contributed by atoms with van der Waals surface area (Å²) in [5.74, 6) is 0.584. The standard InChI is InChI=1S/C18H27NO2S/c1-14(17(20)21-18(2,3)4)16(19)22-13-9-8-12-15-10-6-5-7-11-15/h5-7,10-11H,8-9,12-13,19H2,1-4H3/b16-14+. The Kier molecular flexibility index (Phi) is 7.52. The van der Waals surface area contributed by atoms with Crippen molar-refractivity contribution in [3.8, 4) is 0 Å². The Labute approximate surface area is 138 Å². The zero-order valence-corrected chi connectivity index (χ0v) is 14.8. The maximum Gasteiger partial charge on any atom is 0.336 e. The van der Waals surface area contributed by atoms with Gasteiger partial charge in [0.15, 0.2) is 0 Å². The smallest absolute Gasteiger partial charge is 0.336 e. The molecule has 0 atom stereocenters. The maximum absolute atomic E-state index is 11.9. The van der Waals surface area contributed by atoms with E-state index in [2.05, 4.69) is 24.3 Å². The number of benzene rings is 1. The first-order chi connectivity index (χ1) is 10.3. The maximum atomic E-state index is 11.9. The number of rotatable bonds is 7. The minimum absolute atomic E-state index is 0.332. The van der Waals surface area contributed by atoms with Crippen molar-refractivity contribution >= 4 is 17.7 Å². The summed E-state index contributed by atoms with van der Waals surface area (Å²) in [5, 5.41) is 0.564. The minimum Gasteiger partial charge on any atom is -0.457 e. The van der Waals surface area contributed by atoms with Gasteiger partial charge in [-0.2, -0.15) is 0 Å². The van der Waals surface area contributed by atoms with E-state index in [0.29, 0.717) is 10.6 Å². The third kappa shape index (κ3) is 7.55. The predicted molar refractivity (Wildman–Crippen MR) is 94.6 cm³/mol. The van der Waals surface area contributed by atoms with Crippen molar-refractivity contribution in [1.82, 2.24) is 0 Å². The number of carbonyl (C=O) groups excluding carboxylic acids is 1. The lowest BCUT2D eigenvalue weighted by molar-refractivity contribution is -0.149. The summed E-state index contributed by atoms with van der Waals surface area (Å²) in [6.07, 6.45) is 3.27. The summed E-state index contributed by atoms with van der Waals surface area (Å²) in [7, 11) is 0. The Morgan fingerprint density at radius 2 is 1.82 bits per heavy atom. The third-order valence-electron chi connectivity index (χ3n) is 3.03. The zero-order chi connectivity index (χ0) is 16.6. The van der Waals surface area contributed by atoms with Crippen LogP contribution in [0.15, 0.2) is 40.9 Å². The summed E-state index contributed by atoms with van der Waals surface area (Å²) in [6, 6.07) is 10.5. The van der Waals surface area contributed by atoms with Crippen LogP contribution in [0.5, 0.6) is 0 Å². The first-order valence-electron chi connectivity index (χ1n) is 7.66. The Balaban J connectivity index is 2.31. The van der Waals surface area contributed by atoms with Crippen LogP contribution in [0.4, 0.5) is 0 Å². The van der Waals surface area contributed by atoms with E-state index in [1.807, 2.05) is 26.8 Å². The molecule has 0 saturated heterocycles. The molecule has 0 aliphatic rings. The molecule has 122 valence electrons. The van der Waals surface area contributed by atoms with Crippen LogP contribution in [-0.4, -0.2) is 17.3 Å². The Hall–Kier alpha value is -1.42. The number of carbonyl (C=O) groups is 1. The quantitative estimate of drug-likeness (QED) is 0.463. The fourth-order valence-electron chi connectivity index (χ4n) is 1.82. The SMILES string of the molecule is C/C(C(=O)OC(C)(C)C)=C(/N)SCCCCc1ccccc1. The molecule has 2 N–H and O–H groups in total. The van der Waals surface area contributed by atoms with Crippen LogP contribution in [0, 0.1) is 0 Å². The second kappa shape index (κ2) is 8.89. The Morgan fingerprint density at radius 3 is 2.41 bits per heavy atom. The molecule has 1 aromatic carbocycles. The highest BCUT2D eigenvalue weighted by Crippen LogP contribution is 2.19. The molecule has 0 radical (unpaired) electrons. The van der Waals surface area contributed by atoms with Gasteiger partial charge in [-0.25, -0.2) is 4.79 Å². The molecule has 0 heterocycles. The van der Waals surface area contributed by atoms with E-state index in [9.17, 15) is 4.79 Å². The van der Waals surface area contributed by atoms with Crippen LogP contribution in [0.25, 0.3) is 0 Å². The van der Waals surface area contributed by atoms with Crippen LogP contribution in [0.1, 0.15) is 46.1 Å². The van der Waals surface area contributed by atoms with Crippen LogP contribution in [0.2, 0.25) is 0 Å². The van der Waals surface area contributed by atoms with Crippen LogP contribution in [-0.2, 0) is 16.0 Å². The number of hydrogen-bond acceptors (Lipinski definition) is 4. The van der Waals surface area contributed by atoms with E-state index in [0.717, 1.165) is 25.0 Å². The van der Waals surface area contributed by atoms with Gasteiger partial charge in [0.2, 0.25) is 0 Å². The lowest BCUT2D eigenvalue weighted by atomic mass is 10.1. The number of nitrogens with two attached hydrogens (primary N) is 1. The molecule has 22 heavy (non-hydrogen) atoms. The molecule has 0 saturated carbocycles. The molecule has 1 aromatic rings. The summed E-state index contributed by atoms with van der Waals surface area (Å²) in [5.41, 5.74) is 7.35. The summed E-state index contributed by atoms with van der Waals surface area (Å²) in [6.45, 7) is 7.28. The molecule has 0 unspecified atom stereocenters. The summed E-state index contributed by atoms with van der Waals surface area (Å²) in [4.78, 5) is 11.9. The highest BCUT2D eigenvalue weighted by atomic mass is 32.2. The molecule has 0 aliphatic heterocycles. The number of thioether (sulfide) groups is 1. The van der Waals surface area contributed by atoms with Crippen molar-refractivity contribution in [1.29, 1.82) is 0 Å². The third-order valence-corrected chi connectivity index (χ3v) is 4.14. The van der Waals surface area contributed by atoms with E-state index in [1.165, 1.54) is 17.3 Å².